The average Bonchev–Trinajstić information content (AvgIpc) is 3.43. The van der Waals surface area contributed by atoms with E-state index in [1.807, 2.05) is 78.2 Å². The third-order valence-corrected chi connectivity index (χ3v) is 6.06. The number of benzene rings is 2. The largest absolute Gasteiger partial charge is 0.326 e. The van der Waals surface area contributed by atoms with Gasteiger partial charge in [-0.1, -0.05) is 46.3 Å². The van der Waals surface area contributed by atoms with Crippen molar-refractivity contribution in [1.82, 2.24) is 19.8 Å². The standard InChI is InChI=1S/C23H16BrN5OS/c24-17-6-1-4-15(12-17)13-22(30)25-18-7-2-5-16(14-18)19-9-10-21-26-27-23(29(21)28-19)20-8-3-11-31-20/h1-12,14H,13H2,(H,25,30). The summed E-state index contributed by atoms with van der Waals surface area (Å²) in [4.78, 5) is 13.5. The number of thiophene rings is 1. The first-order valence-corrected chi connectivity index (χ1v) is 11.2. The van der Waals surface area contributed by atoms with Gasteiger partial charge in [0.1, 0.15) is 0 Å². The van der Waals surface area contributed by atoms with Crippen molar-refractivity contribution in [3.05, 3.63) is 88.2 Å². The molecule has 1 amide bonds. The van der Waals surface area contributed by atoms with Gasteiger partial charge in [0.15, 0.2) is 11.5 Å². The summed E-state index contributed by atoms with van der Waals surface area (Å²) in [5, 5.41) is 18.2. The van der Waals surface area contributed by atoms with Gasteiger partial charge in [-0.15, -0.1) is 21.5 Å². The van der Waals surface area contributed by atoms with E-state index in [1.54, 1.807) is 15.9 Å². The number of hydrogen-bond donors (Lipinski definition) is 1. The molecule has 0 unspecified atom stereocenters. The van der Waals surface area contributed by atoms with Gasteiger partial charge >= 0.3 is 0 Å². The Morgan fingerprint density at radius 2 is 1.90 bits per heavy atom. The molecular weight excluding hydrogens is 474 g/mol. The normalized spacial score (nSPS) is 11.0. The minimum atomic E-state index is -0.0718. The van der Waals surface area contributed by atoms with Crippen molar-refractivity contribution in [3.8, 4) is 22.0 Å². The summed E-state index contributed by atoms with van der Waals surface area (Å²) in [6.07, 6.45) is 0.304. The van der Waals surface area contributed by atoms with E-state index in [1.165, 1.54) is 0 Å². The fourth-order valence-electron chi connectivity index (χ4n) is 3.30. The number of anilines is 1. The Labute approximate surface area is 190 Å². The van der Waals surface area contributed by atoms with Crippen LogP contribution < -0.4 is 5.32 Å². The molecule has 152 valence electrons. The van der Waals surface area contributed by atoms with Crippen LogP contribution >= 0.6 is 27.3 Å². The second-order valence-corrected chi connectivity index (χ2v) is 8.79. The molecule has 0 aliphatic carbocycles. The van der Waals surface area contributed by atoms with Crippen molar-refractivity contribution in [3.63, 3.8) is 0 Å². The van der Waals surface area contributed by atoms with E-state index < -0.39 is 0 Å². The first-order valence-electron chi connectivity index (χ1n) is 9.57. The molecule has 3 heterocycles. The van der Waals surface area contributed by atoms with Crippen LogP contribution in [0.3, 0.4) is 0 Å². The molecule has 5 rings (SSSR count). The van der Waals surface area contributed by atoms with Gasteiger partial charge in [0.2, 0.25) is 5.91 Å². The van der Waals surface area contributed by atoms with Crippen molar-refractivity contribution in [2.45, 2.75) is 6.42 Å². The Balaban J connectivity index is 1.40. The molecule has 0 fully saturated rings. The zero-order chi connectivity index (χ0) is 21.2. The van der Waals surface area contributed by atoms with Crippen LogP contribution in [-0.2, 0) is 11.2 Å². The quantitative estimate of drug-likeness (QED) is 0.355. The second kappa shape index (κ2) is 8.41. The number of hydrogen-bond acceptors (Lipinski definition) is 5. The summed E-state index contributed by atoms with van der Waals surface area (Å²) >= 11 is 5.03. The number of carbonyl (C=O) groups is 1. The van der Waals surface area contributed by atoms with Crippen molar-refractivity contribution in [1.29, 1.82) is 0 Å². The van der Waals surface area contributed by atoms with Gasteiger partial charge in [0.05, 0.1) is 17.0 Å². The molecule has 0 spiro atoms. The van der Waals surface area contributed by atoms with Crippen LogP contribution in [-0.4, -0.2) is 25.7 Å². The SMILES string of the molecule is O=C(Cc1cccc(Br)c1)Nc1cccc(-c2ccc3nnc(-c4cccs4)n3n2)c1. The van der Waals surface area contributed by atoms with Crippen LogP contribution in [0.2, 0.25) is 0 Å². The summed E-state index contributed by atoms with van der Waals surface area (Å²) in [5.74, 6) is 0.641. The van der Waals surface area contributed by atoms with Gasteiger partial charge in [0, 0.05) is 15.7 Å². The number of fused-ring (bicyclic) bond motifs is 1. The highest BCUT2D eigenvalue weighted by molar-refractivity contribution is 9.10. The molecule has 31 heavy (non-hydrogen) atoms. The number of carbonyl (C=O) groups excluding carboxylic acids is 1. The number of amides is 1. The fraction of sp³-hybridized carbons (Fsp3) is 0.0435. The lowest BCUT2D eigenvalue weighted by atomic mass is 10.1. The molecule has 0 saturated carbocycles. The van der Waals surface area contributed by atoms with E-state index in [2.05, 4.69) is 31.4 Å². The predicted molar refractivity (Wildman–Crippen MR) is 126 cm³/mol. The Morgan fingerprint density at radius 1 is 1.00 bits per heavy atom. The lowest BCUT2D eigenvalue weighted by molar-refractivity contribution is -0.115. The van der Waals surface area contributed by atoms with Crippen molar-refractivity contribution in [2.75, 3.05) is 5.32 Å². The summed E-state index contributed by atoms with van der Waals surface area (Å²) < 4.78 is 2.71. The van der Waals surface area contributed by atoms with E-state index in [0.717, 1.165) is 31.9 Å². The highest BCUT2D eigenvalue weighted by Crippen LogP contribution is 2.25. The molecule has 6 nitrogen and oxygen atoms in total. The maximum atomic E-state index is 12.5. The first kappa shape index (κ1) is 19.6. The van der Waals surface area contributed by atoms with Crippen LogP contribution in [0, 0.1) is 0 Å². The highest BCUT2D eigenvalue weighted by atomic mass is 79.9. The minimum Gasteiger partial charge on any atom is -0.326 e. The van der Waals surface area contributed by atoms with Crippen molar-refractivity contribution >= 4 is 44.5 Å². The molecule has 3 aromatic heterocycles. The van der Waals surface area contributed by atoms with Crippen LogP contribution in [0.15, 0.2) is 82.6 Å². The van der Waals surface area contributed by atoms with Gasteiger partial charge < -0.3 is 5.32 Å². The van der Waals surface area contributed by atoms with Crippen molar-refractivity contribution < 1.29 is 4.79 Å². The van der Waals surface area contributed by atoms with Crippen LogP contribution in [0.5, 0.6) is 0 Å². The van der Waals surface area contributed by atoms with Crippen LogP contribution in [0.4, 0.5) is 5.69 Å². The zero-order valence-electron chi connectivity index (χ0n) is 16.2. The third kappa shape index (κ3) is 4.26. The summed E-state index contributed by atoms with van der Waals surface area (Å²) in [6.45, 7) is 0. The Hall–Kier alpha value is -3.36. The molecule has 0 atom stereocenters. The maximum absolute atomic E-state index is 12.5. The van der Waals surface area contributed by atoms with Gasteiger partial charge in [-0.3, -0.25) is 4.79 Å². The fourth-order valence-corrected chi connectivity index (χ4v) is 4.44. The molecule has 8 heteroatoms. The lowest BCUT2D eigenvalue weighted by Gasteiger charge is -2.08. The number of rotatable bonds is 5. The molecule has 2 aromatic carbocycles. The molecule has 5 aromatic rings. The summed E-state index contributed by atoms with van der Waals surface area (Å²) in [6, 6.07) is 23.2. The summed E-state index contributed by atoms with van der Waals surface area (Å²) in [7, 11) is 0. The van der Waals surface area contributed by atoms with Gasteiger partial charge in [-0.25, -0.2) is 0 Å². The van der Waals surface area contributed by atoms with Crippen molar-refractivity contribution in [2.24, 2.45) is 0 Å². The number of halogens is 1. The molecule has 0 aliphatic heterocycles. The van der Waals surface area contributed by atoms with Crippen LogP contribution in [0.1, 0.15) is 5.56 Å². The van der Waals surface area contributed by atoms with E-state index >= 15 is 0 Å². The Bertz CT molecular complexity index is 1380. The smallest absolute Gasteiger partial charge is 0.228 e. The molecule has 1 N–H and O–H groups in total. The number of nitrogens with zero attached hydrogens (tertiary/aromatic N) is 4. The van der Waals surface area contributed by atoms with E-state index in [9.17, 15) is 4.79 Å². The molecule has 0 radical (unpaired) electrons. The highest BCUT2D eigenvalue weighted by Gasteiger charge is 2.12. The predicted octanol–water partition coefficient (Wildman–Crippen LogP) is 5.46. The van der Waals surface area contributed by atoms with E-state index in [-0.39, 0.29) is 5.91 Å². The van der Waals surface area contributed by atoms with E-state index in [4.69, 9.17) is 5.10 Å². The molecular formula is C23H16BrN5OS. The zero-order valence-corrected chi connectivity index (χ0v) is 18.6. The van der Waals surface area contributed by atoms with E-state index in [0.29, 0.717) is 17.9 Å². The Kier molecular flexibility index (Phi) is 5.31. The summed E-state index contributed by atoms with van der Waals surface area (Å²) in [5.41, 5.74) is 4.03. The van der Waals surface area contributed by atoms with Gasteiger partial charge in [-0.2, -0.15) is 9.61 Å². The molecule has 0 bridgehead atoms. The number of aromatic nitrogens is 4. The topological polar surface area (TPSA) is 72.2 Å². The Morgan fingerprint density at radius 3 is 2.74 bits per heavy atom. The van der Waals surface area contributed by atoms with Gasteiger partial charge in [0.25, 0.3) is 0 Å². The van der Waals surface area contributed by atoms with Gasteiger partial charge in [-0.05, 0) is 53.4 Å². The molecule has 0 aliphatic rings. The first-order chi connectivity index (χ1) is 15.2. The molecule has 0 saturated heterocycles. The number of nitrogens with one attached hydrogen (secondary N) is 1. The maximum Gasteiger partial charge on any atom is 0.228 e. The second-order valence-electron chi connectivity index (χ2n) is 6.93. The monoisotopic (exact) mass is 489 g/mol. The van der Waals surface area contributed by atoms with Crippen LogP contribution in [0.25, 0.3) is 27.6 Å². The average molecular weight is 490 g/mol. The minimum absolute atomic E-state index is 0.0718. The third-order valence-electron chi connectivity index (χ3n) is 4.70. The lowest BCUT2D eigenvalue weighted by Crippen LogP contribution is -2.14.